The smallest absolute Gasteiger partial charge is 0.261 e. The highest BCUT2D eigenvalue weighted by atomic mass is 19.3. The molecular formula is C8H13F3N2. The van der Waals surface area contributed by atoms with Crippen LogP contribution in [0.5, 0.6) is 0 Å². The Morgan fingerprint density at radius 2 is 1.92 bits per heavy atom. The van der Waals surface area contributed by atoms with Crippen molar-refractivity contribution in [1.29, 1.82) is 0 Å². The van der Waals surface area contributed by atoms with E-state index in [1.807, 2.05) is 0 Å². The fourth-order valence-corrected chi connectivity index (χ4v) is 1.40. The highest BCUT2D eigenvalue weighted by Gasteiger charge is 2.56. The van der Waals surface area contributed by atoms with E-state index in [1.165, 1.54) is 14.0 Å². The first-order valence-electron chi connectivity index (χ1n) is 4.17. The molecule has 0 aromatic rings. The lowest BCUT2D eigenvalue weighted by atomic mass is 10.2. The van der Waals surface area contributed by atoms with Gasteiger partial charge in [-0.1, -0.05) is 0 Å². The molecule has 0 bridgehead atoms. The van der Waals surface area contributed by atoms with Gasteiger partial charge in [0.05, 0.1) is 6.34 Å². The first-order valence-corrected chi connectivity index (χ1v) is 4.17. The SMILES string of the molecule is CN=CN(C(C)F)C1(C(F)F)CC1. The predicted octanol–water partition coefficient (Wildman–Crippen LogP) is 2.06. The van der Waals surface area contributed by atoms with Crippen LogP contribution in [0.4, 0.5) is 13.2 Å². The van der Waals surface area contributed by atoms with Crippen molar-refractivity contribution >= 4 is 6.34 Å². The zero-order chi connectivity index (χ0) is 10.1. The van der Waals surface area contributed by atoms with E-state index in [0.717, 1.165) is 11.2 Å². The molecule has 0 saturated heterocycles. The molecule has 1 atom stereocenters. The molecule has 0 aromatic carbocycles. The Labute approximate surface area is 75.4 Å². The monoisotopic (exact) mass is 194 g/mol. The Hall–Kier alpha value is -0.740. The average Bonchev–Trinajstić information content (AvgIpc) is 2.79. The van der Waals surface area contributed by atoms with Crippen molar-refractivity contribution in [2.45, 2.75) is 38.0 Å². The third-order valence-corrected chi connectivity index (χ3v) is 2.31. The topological polar surface area (TPSA) is 15.6 Å². The molecule has 0 N–H and O–H groups in total. The number of hydrogen-bond donors (Lipinski definition) is 0. The van der Waals surface area contributed by atoms with Gasteiger partial charge in [0, 0.05) is 7.05 Å². The predicted molar refractivity (Wildman–Crippen MR) is 44.8 cm³/mol. The van der Waals surface area contributed by atoms with Gasteiger partial charge in [0.25, 0.3) is 6.43 Å². The van der Waals surface area contributed by atoms with E-state index < -0.39 is 18.3 Å². The quantitative estimate of drug-likeness (QED) is 0.380. The van der Waals surface area contributed by atoms with Crippen molar-refractivity contribution in [3.8, 4) is 0 Å². The molecule has 1 saturated carbocycles. The molecule has 1 unspecified atom stereocenters. The maximum absolute atomic E-state index is 13.0. The van der Waals surface area contributed by atoms with E-state index in [2.05, 4.69) is 4.99 Å². The summed E-state index contributed by atoms with van der Waals surface area (Å²) < 4.78 is 38.0. The van der Waals surface area contributed by atoms with E-state index in [0.29, 0.717) is 12.8 Å². The summed E-state index contributed by atoms with van der Waals surface area (Å²) in [5.41, 5.74) is -1.28. The molecule has 0 heterocycles. The second-order valence-electron chi connectivity index (χ2n) is 3.26. The normalized spacial score (nSPS) is 22.3. The second kappa shape index (κ2) is 3.55. The fourth-order valence-electron chi connectivity index (χ4n) is 1.40. The molecule has 1 aliphatic rings. The summed E-state index contributed by atoms with van der Waals surface area (Å²) >= 11 is 0. The maximum atomic E-state index is 13.0. The van der Waals surface area contributed by atoms with Gasteiger partial charge in [-0.15, -0.1) is 0 Å². The fraction of sp³-hybridized carbons (Fsp3) is 0.875. The van der Waals surface area contributed by atoms with E-state index in [9.17, 15) is 13.2 Å². The van der Waals surface area contributed by atoms with E-state index in [-0.39, 0.29) is 0 Å². The number of rotatable bonds is 4. The Morgan fingerprint density at radius 1 is 1.38 bits per heavy atom. The van der Waals surface area contributed by atoms with Crippen LogP contribution >= 0.6 is 0 Å². The lowest BCUT2D eigenvalue weighted by molar-refractivity contribution is 0.00161. The first-order chi connectivity index (χ1) is 6.04. The van der Waals surface area contributed by atoms with Crippen LogP contribution in [-0.2, 0) is 0 Å². The minimum Gasteiger partial charge on any atom is -0.322 e. The minimum absolute atomic E-state index is 0.338. The third kappa shape index (κ3) is 1.78. The van der Waals surface area contributed by atoms with Gasteiger partial charge >= 0.3 is 0 Å². The lowest BCUT2D eigenvalue weighted by Crippen LogP contribution is -2.45. The van der Waals surface area contributed by atoms with Crippen LogP contribution in [0.25, 0.3) is 0 Å². The molecule has 0 amide bonds. The number of aliphatic imine (C=N–C) groups is 1. The summed E-state index contributed by atoms with van der Waals surface area (Å²) in [6, 6.07) is 0. The Kier molecular flexibility index (Phi) is 2.83. The van der Waals surface area contributed by atoms with Gasteiger partial charge in [-0.3, -0.25) is 4.99 Å². The van der Waals surface area contributed by atoms with Crippen molar-refractivity contribution in [1.82, 2.24) is 4.90 Å². The molecular weight excluding hydrogens is 181 g/mol. The number of alkyl halides is 3. The summed E-state index contributed by atoms with van der Waals surface area (Å²) in [7, 11) is 1.44. The van der Waals surface area contributed by atoms with Crippen molar-refractivity contribution in [2.75, 3.05) is 7.05 Å². The van der Waals surface area contributed by atoms with Crippen molar-refractivity contribution in [2.24, 2.45) is 4.99 Å². The van der Waals surface area contributed by atoms with Crippen LogP contribution in [0.3, 0.4) is 0 Å². The summed E-state index contributed by atoms with van der Waals surface area (Å²) in [5, 5.41) is 0. The summed E-state index contributed by atoms with van der Waals surface area (Å²) in [6.45, 7) is 1.24. The molecule has 0 radical (unpaired) electrons. The molecule has 0 aromatic heterocycles. The zero-order valence-corrected chi connectivity index (χ0v) is 7.67. The zero-order valence-electron chi connectivity index (χ0n) is 7.67. The number of hydrogen-bond acceptors (Lipinski definition) is 1. The highest BCUT2D eigenvalue weighted by Crippen LogP contribution is 2.47. The van der Waals surface area contributed by atoms with Gasteiger partial charge in [0.15, 0.2) is 6.30 Å². The number of nitrogens with zero attached hydrogens (tertiary/aromatic N) is 2. The molecule has 1 rings (SSSR count). The lowest BCUT2D eigenvalue weighted by Gasteiger charge is -2.30. The Morgan fingerprint density at radius 3 is 2.15 bits per heavy atom. The maximum Gasteiger partial charge on any atom is 0.261 e. The van der Waals surface area contributed by atoms with E-state index in [4.69, 9.17) is 0 Å². The summed E-state index contributed by atoms with van der Waals surface area (Å²) in [5.74, 6) is 0. The van der Waals surface area contributed by atoms with Crippen LogP contribution in [0.1, 0.15) is 19.8 Å². The average molecular weight is 194 g/mol. The van der Waals surface area contributed by atoms with Crippen LogP contribution in [0, 0.1) is 0 Å². The molecule has 0 aliphatic heterocycles. The van der Waals surface area contributed by atoms with E-state index in [1.54, 1.807) is 0 Å². The van der Waals surface area contributed by atoms with Crippen LogP contribution in [-0.4, -0.2) is 36.5 Å². The second-order valence-corrected chi connectivity index (χ2v) is 3.26. The first kappa shape index (κ1) is 10.3. The Bertz CT molecular complexity index is 200. The molecule has 1 aliphatic carbocycles. The van der Waals surface area contributed by atoms with Gasteiger partial charge in [-0.25, -0.2) is 13.2 Å². The molecule has 2 nitrogen and oxygen atoms in total. The van der Waals surface area contributed by atoms with Crippen molar-refractivity contribution < 1.29 is 13.2 Å². The third-order valence-electron chi connectivity index (χ3n) is 2.31. The summed E-state index contributed by atoms with van der Waals surface area (Å²) in [6.07, 6.45) is -2.09. The van der Waals surface area contributed by atoms with Crippen molar-refractivity contribution in [3.63, 3.8) is 0 Å². The van der Waals surface area contributed by atoms with Crippen molar-refractivity contribution in [3.05, 3.63) is 0 Å². The number of halogens is 3. The van der Waals surface area contributed by atoms with Gasteiger partial charge in [0.2, 0.25) is 0 Å². The summed E-state index contributed by atoms with van der Waals surface area (Å²) in [4.78, 5) is 4.59. The largest absolute Gasteiger partial charge is 0.322 e. The van der Waals surface area contributed by atoms with Crippen LogP contribution in [0.15, 0.2) is 4.99 Å². The molecule has 76 valence electrons. The molecule has 13 heavy (non-hydrogen) atoms. The van der Waals surface area contributed by atoms with Crippen LogP contribution in [0.2, 0.25) is 0 Å². The van der Waals surface area contributed by atoms with E-state index >= 15 is 0 Å². The minimum atomic E-state index is -2.51. The Balaban J connectivity index is 2.75. The molecule has 0 spiro atoms. The van der Waals surface area contributed by atoms with Crippen LogP contribution < -0.4 is 0 Å². The van der Waals surface area contributed by atoms with Gasteiger partial charge in [-0.2, -0.15) is 0 Å². The standard InChI is InChI=1S/C8H13F3N2/c1-6(9)13(5-12-2)8(3-4-8)7(10)11/h5-7H,3-4H2,1-2H3. The molecule has 1 fully saturated rings. The highest BCUT2D eigenvalue weighted by molar-refractivity contribution is 5.57. The van der Waals surface area contributed by atoms with Gasteiger partial charge in [0.1, 0.15) is 5.54 Å². The van der Waals surface area contributed by atoms with Gasteiger partial charge < -0.3 is 4.90 Å². The van der Waals surface area contributed by atoms with Gasteiger partial charge in [-0.05, 0) is 19.8 Å². The molecule has 5 heteroatoms.